The Balaban J connectivity index is 1.14. The lowest BCUT2D eigenvalue weighted by molar-refractivity contribution is -0.131. The molecule has 0 atom stereocenters. The van der Waals surface area contributed by atoms with Gasteiger partial charge >= 0.3 is 6.09 Å². The molecule has 34 heavy (non-hydrogen) atoms. The van der Waals surface area contributed by atoms with Crippen molar-refractivity contribution in [3.8, 4) is 22.8 Å². The number of likely N-dealkylation sites (tertiary alicyclic amines) is 1. The van der Waals surface area contributed by atoms with Crippen molar-refractivity contribution < 1.29 is 23.2 Å². The predicted molar refractivity (Wildman–Crippen MR) is 124 cm³/mol. The summed E-state index contributed by atoms with van der Waals surface area (Å²) >= 11 is 1.47. The third kappa shape index (κ3) is 4.63. The molecule has 0 bridgehead atoms. The molecule has 5 rings (SSSR count). The van der Waals surface area contributed by atoms with Gasteiger partial charge in [-0.2, -0.15) is 4.98 Å². The van der Waals surface area contributed by atoms with Crippen molar-refractivity contribution in [1.29, 1.82) is 0 Å². The van der Waals surface area contributed by atoms with Gasteiger partial charge in [0.05, 0.1) is 12.3 Å². The predicted octanol–water partition coefficient (Wildman–Crippen LogP) is 4.08. The van der Waals surface area contributed by atoms with Crippen LogP contribution in [-0.2, 0) is 9.53 Å². The number of likely N-dealkylation sites (N-methyl/N-ethyl adjacent to an activating group) is 1. The van der Waals surface area contributed by atoms with E-state index in [1.807, 2.05) is 29.2 Å². The Kier molecular flexibility index (Phi) is 5.99. The first kappa shape index (κ1) is 22.4. The standard InChI is InChI=1S/C24H23FN4O4S/c1-28-15-24(32-23(28)31)10-12-29(13-11-24)20(30)14-34-19-8-4-17(5-9-19)22-26-21(27-33-22)16-2-6-18(25)7-3-16/h2-9H,10-15H2,1H3. The maximum Gasteiger partial charge on any atom is 0.410 e. The van der Waals surface area contributed by atoms with Crippen molar-refractivity contribution in [3.63, 3.8) is 0 Å². The first-order valence-corrected chi connectivity index (χ1v) is 11.9. The van der Waals surface area contributed by atoms with Gasteiger partial charge in [0, 0.05) is 49.0 Å². The fraction of sp³-hybridized carbons (Fsp3) is 0.333. The van der Waals surface area contributed by atoms with Gasteiger partial charge in [-0.25, -0.2) is 9.18 Å². The minimum absolute atomic E-state index is 0.0717. The number of thioether (sulfide) groups is 1. The first-order valence-electron chi connectivity index (χ1n) is 11.0. The van der Waals surface area contributed by atoms with Gasteiger partial charge in [-0.15, -0.1) is 11.8 Å². The van der Waals surface area contributed by atoms with E-state index in [1.54, 1.807) is 24.1 Å². The molecule has 2 aliphatic rings. The number of rotatable bonds is 5. The van der Waals surface area contributed by atoms with E-state index in [9.17, 15) is 14.0 Å². The molecule has 0 radical (unpaired) electrons. The molecular weight excluding hydrogens is 459 g/mol. The minimum atomic E-state index is -0.448. The molecule has 1 spiro atoms. The number of piperidine rings is 1. The first-order chi connectivity index (χ1) is 16.4. The van der Waals surface area contributed by atoms with Gasteiger partial charge in [0.25, 0.3) is 5.89 Å². The minimum Gasteiger partial charge on any atom is -0.441 e. The number of nitrogens with zero attached hydrogens (tertiary/aromatic N) is 4. The largest absolute Gasteiger partial charge is 0.441 e. The molecule has 0 saturated carbocycles. The number of hydrogen-bond acceptors (Lipinski definition) is 7. The average molecular weight is 483 g/mol. The van der Waals surface area contributed by atoms with Crippen LogP contribution < -0.4 is 0 Å². The molecule has 176 valence electrons. The summed E-state index contributed by atoms with van der Waals surface area (Å²) < 4.78 is 24.0. The number of halogens is 1. The maximum atomic E-state index is 13.1. The highest BCUT2D eigenvalue weighted by atomic mass is 32.2. The lowest BCUT2D eigenvalue weighted by Gasteiger charge is -2.37. The molecule has 2 saturated heterocycles. The molecule has 8 nitrogen and oxygen atoms in total. The van der Waals surface area contributed by atoms with Crippen molar-refractivity contribution in [2.24, 2.45) is 0 Å². The Morgan fingerprint density at radius 3 is 2.41 bits per heavy atom. The second-order valence-corrected chi connectivity index (χ2v) is 9.58. The molecule has 2 aliphatic heterocycles. The average Bonchev–Trinajstić information content (AvgIpc) is 3.44. The van der Waals surface area contributed by atoms with Gasteiger partial charge < -0.3 is 19.1 Å². The molecule has 10 heteroatoms. The van der Waals surface area contributed by atoms with Crippen LogP contribution in [0.15, 0.2) is 57.9 Å². The molecule has 0 unspecified atom stereocenters. The summed E-state index contributed by atoms with van der Waals surface area (Å²) in [6.07, 6.45) is 1.04. The van der Waals surface area contributed by atoms with E-state index in [2.05, 4.69) is 10.1 Å². The van der Waals surface area contributed by atoms with Gasteiger partial charge in [-0.3, -0.25) is 4.79 Å². The van der Waals surface area contributed by atoms with Crippen LogP contribution in [0.5, 0.6) is 0 Å². The number of carbonyl (C=O) groups is 2. The van der Waals surface area contributed by atoms with Gasteiger partial charge in [-0.05, 0) is 48.5 Å². The van der Waals surface area contributed by atoms with Crippen molar-refractivity contribution in [2.75, 3.05) is 32.4 Å². The Hall–Kier alpha value is -3.40. The fourth-order valence-corrected chi connectivity index (χ4v) is 5.00. The third-order valence-corrected chi connectivity index (χ3v) is 7.16. The number of ether oxygens (including phenoxy) is 1. The van der Waals surface area contributed by atoms with Crippen molar-refractivity contribution in [2.45, 2.75) is 23.3 Å². The summed E-state index contributed by atoms with van der Waals surface area (Å²) in [5.74, 6) is 0.841. The summed E-state index contributed by atoms with van der Waals surface area (Å²) in [4.78, 5) is 33.2. The van der Waals surface area contributed by atoms with Crippen LogP contribution in [0.4, 0.5) is 9.18 Å². The van der Waals surface area contributed by atoms with Crippen LogP contribution in [-0.4, -0.2) is 70.0 Å². The third-order valence-electron chi connectivity index (χ3n) is 6.16. The van der Waals surface area contributed by atoms with Crippen LogP contribution in [0.2, 0.25) is 0 Å². The smallest absolute Gasteiger partial charge is 0.410 e. The second kappa shape index (κ2) is 9.09. The monoisotopic (exact) mass is 482 g/mol. The molecular formula is C24H23FN4O4S. The SMILES string of the molecule is CN1CC2(CCN(C(=O)CSc3ccc(-c4nc(-c5ccc(F)cc5)no4)cc3)CC2)OC1=O. The Morgan fingerprint density at radius 1 is 1.09 bits per heavy atom. The van der Waals surface area contributed by atoms with E-state index in [4.69, 9.17) is 9.26 Å². The summed E-state index contributed by atoms with van der Waals surface area (Å²) in [7, 11) is 1.74. The van der Waals surface area contributed by atoms with E-state index in [1.165, 1.54) is 23.9 Å². The van der Waals surface area contributed by atoms with Gasteiger partial charge in [-0.1, -0.05) is 5.16 Å². The highest BCUT2D eigenvalue weighted by molar-refractivity contribution is 8.00. The Bertz CT molecular complexity index is 1190. The maximum absolute atomic E-state index is 13.1. The second-order valence-electron chi connectivity index (χ2n) is 8.53. The fourth-order valence-electron chi connectivity index (χ4n) is 4.20. The Labute approximate surface area is 200 Å². The van der Waals surface area contributed by atoms with Crippen LogP contribution in [0.3, 0.4) is 0 Å². The number of aromatic nitrogens is 2. The van der Waals surface area contributed by atoms with E-state index in [0.717, 1.165) is 10.5 Å². The van der Waals surface area contributed by atoms with Crippen LogP contribution in [0.25, 0.3) is 22.8 Å². The van der Waals surface area contributed by atoms with E-state index in [0.29, 0.717) is 55.5 Å². The van der Waals surface area contributed by atoms with Crippen molar-refractivity contribution in [1.82, 2.24) is 19.9 Å². The summed E-state index contributed by atoms with van der Waals surface area (Å²) in [6.45, 7) is 1.76. The summed E-state index contributed by atoms with van der Waals surface area (Å²) in [5, 5.41) is 3.97. The molecule has 3 heterocycles. The zero-order valence-electron chi connectivity index (χ0n) is 18.6. The number of benzene rings is 2. The van der Waals surface area contributed by atoms with Crippen molar-refractivity contribution in [3.05, 3.63) is 54.3 Å². The lowest BCUT2D eigenvalue weighted by Crippen LogP contribution is -2.49. The summed E-state index contributed by atoms with van der Waals surface area (Å²) in [5.41, 5.74) is 0.981. The molecule has 3 aromatic rings. The normalized spacial score (nSPS) is 17.3. The van der Waals surface area contributed by atoms with Crippen LogP contribution in [0, 0.1) is 5.82 Å². The van der Waals surface area contributed by atoms with Gasteiger partial charge in [0.1, 0.15) is 11.4 Å². The molecule has 0 aliphatic carbocycles. The van der Waals surface area contributed by atoms with Gasteiger partial charge in [0.15, 0.2) is 0 Å². The zero-order valence-corrected chi connectivity index (χ0v) is 19.4. The van der Waals surface area contributed by atoms with Crippen LogP contribution in [0.1, 0.15) is 12.8 Å². The Morgan fingerprint density at radius 2 is 1.76 bits per heavy atom. The number of hydrogen-bond donors (Lipinski definition) is 0. The molecule has 0 N–H and O–H groups in total. The van der Waals surface area contributed by atoms with E-state index >= 15 is 0 Å². The number of carbonyl (C=O) groups excluding carboxylic acids is 2. The molecule has 2 aromatic carbocycles. The zero-order chi connectivity index (χ0) is 23.7. The molecule has 2 amide bonds. The van der Waals surface area contributed by atoms with Crippen molar-refractivity contribution >= 4 is 23.8 Å². The topological polar surface area (TPSA) is 88.8 Å². The quantitative estimate of drug-likeness (QED) is 0.507. The molecule has 1 aromatic heterocycles. The summed E-state index contributed by atoms with van der Waals surface area (Å²) in [6, 6.07) is 13.4. The number of amides is 2. The van der Waals surface area contributed by atoms with Gasteiger partial charge in [0.2, 0.25) is 11.7 Å². The van der Waals surface area contributed by atoms with E-state index in [-0.39, 0.29) is 17.8 Å². The van der Waals surface area contributed by atoms with E-state index < -0.39 is 5.60 Å². The highest BCUT2D eigenvalue weighted by Gasteiger charge is 2.46. The highest BCUT2D eigenvalue weighted by Crippen LogP contribution is 2.33. The van der Waals surface area contributed by atoms with Crippen LogP contribution >= 0.6 is 11.8 Å². The lowest BCUT2D eigenvalue weighted by atomic mass is 9.91. The molecule has 2 fully saturated rings.